The number of nitrogens with zero attached hydrogens (tertiary/aromatic N) is 2. The number of aromatic nitrogens is 2. The molecule has 0 radical (unpaired) electrons. The average molecular weight is 243 g/mol. The lowest BCUT2D eigenvalue weighted by atomic mass is 10.2. The molecule has 0 fully saturated rings. The predicted molar refractivity (Wildman–Crippen MR) is 57.4 cm³/mol. The van der Waals surface area contributed by atoms with Crippen LogP contribution in [0.25, 0.3) is 11.4 Å². The van der Waals surface area contributed by atoms with Crippen molar-refractivity contribution < 1.29 is 4.39 Å². The number of halogens is 3. The molecular weight excluding hydrogens is 238 g/mol. The van der Waals surface area contributed by atoms with Crippen molar-refractivity contribution in [2.45, 2.75) is 0 Å². The maximum atomic E-state index is 13.1. The summed E-state index contributed by atoms with van der Waals surface area (Å²) in [5, 5.41) is 0.385. The van der Waals surface area contributed by atoms with E-state index in [1.807, 2.05) is 0 Å². The van der Waals surface area contributed by atoms with Gasteiger partial charge in [-0.05, 0) is 24.3 Å². The van der Waals surface area contributed by atoms with E-state index in [0.717, 1.165) is 0 Å². The smallest absolute Gasteiger partial charge is 0.160 e. The van der Waals surface area contributed by atoms with Gasteiger partial charge in [-0.25, -0.2) is 14.4 Å². The van der Waals surface area contributed by atoms with Crippen molar-refractivity contribution >= 4 is 23.2 Å². The fourth-order valence-corrected chi connectivity index (χ4v) is 1.36. The molecule has 15 heavy (non-hydrogen) atoms. The molecule has 0 saturated heterocycles. The van der Waals surface area contributed by atoms with Crippen LogP contribution >= 0.6 is 23.2 Å². The van der Waals surface area contributed by atoms with Crippen LogP contribution in [0.1, 0.15) is 0 Å². The van der Waals surface area contributed by atoms with Gasteiger partial charge in [0.05, 0.1) is 5.02 Å². The number of rotatable bonds is 1. The summed E-state index contributed by atoms with van der Waals surface area (Å²) in [6.45, 7) is 0. The highest BCUT2D eigenvalue weighted by Crippen LogP contribution is 2.22. The fourth-order valence-electron chi connectivity index (χ4n) is 1.11. The monoisotopic (exact) mass is 242 g/mol. The number of benzene rings is 1. The van der Waals surface area contributed by atoms with Crippen LogP contribution in [0, 0.1) is 5.82 Å². The van der Waals surface area contributed by atoms with Crippen molar-refractivity contribution in [1.82, 2.24) is 9.97 Å². The molecule has 1 heterocycles. The summed E-state index contributed by atoms with van der Waals surface area (Å²) in [5.74, 6) is -0.129. The van der Waals surface area contributed by atoms with Crippen molar-refractivity contribution in [3.8, 4) is 11.4 Å². The van der Waals surface area contributed by atoms with Crippen molar-refractivity contribution in [3.05, 3.63) is 46.5 Å². The largest absolute Gasteiger partial charge is 0.236 e. The molecule has 0 saturated carbocycles. The molecule has 0 spiro atoms. The Morgan fingerprint density at radius 1 is 1.13 bits per heavy atom. The summed E-state index contributed by atoms with van der Waals surface area (Å²) < 4.78 is 13.1. The molecule has 0 amide bonds. The van der Waals surface area contributed by atoms with E-state index >= 15 is 0 Å². The summed E-state index contributed by atoms with van der Waals surface area (Å²) in [7, 11) is 0. The highest BCUT2D eigenvalue weighted by Gasteiger charge is 2.05. The lowest BCUT2D eigenvalue weighted by molar-refractivity contribution is 0.628. The molecule has 0 aliphatic carbocycles. The van der Waals surface area contributed by atoms with Gasteiger partial charge in [0.25, 0.3) is 0 Å². The van der Waals surface area contributed by atoms with E-state index in [4.69, 9.17) is 23.2 Å². The third kappa shape index (κ3) is 2.25. The number of hydrogen-bond donors (Lipinski definition) is 0. The first-order valence-electron chi connectivity index (χ1n) is 4.11. The maximum absolute atomic E-state index is 13.1. The van der Waals surface area contributed by atoms with E-state index in [2.05, 4.69) is 9.97 Å². The van der Waals surface area contributed by atoms with Crippen LogP contribution in [0.4, 0.5) is 4.39 Å². The highest BCUT2D eigenvalue weighted by atomic mass is 35.5. The molecule has 2 aromatic rings. The zero-order valence-electron chi connectivity index (χ0n) is 7.42. The van der Waals surface area contributed by atoms with Crippen LogP contribution < -0.4 is 0 Å². The van der Waals surface area contributed by atoms with Crippen LogP contribution in [-0.4, -0.2) is 9.97 Å². The quantitative estimate of drug-likeness (QED) is 0.715. The summed E-state index contributed by atoms with van der Waals surface area (Å²) in [6.07, 6.45) is 1.51. The second-order valence-electron chi connectivity index (χ2n) is 2.83. The van der Waals surface area contributed by atoms with Gasteiger partial charge in [0.2, 0.25) is 0 Å². The molecule has 0 bridgehead atoms. The minimum atomic E-state index is -0.502. The zero-order valence-corrected chi connectivity index (χ0v) is 8.93. The van der Waals surface area contributed by atoms with Crippen molar-refractivity contribution in [2.75, 3.05) is 0 Å². The highest BCUT2D eigenvalue weighted by molar-refractivity contribution is 6.30. The normalized spacial score (nSPS) is 10.3. The minimum Gasteiger partial charge on any atom is -0.236 e. The van der Waals surface area contributed by atoms with Gasteiger partial charge >= 0.3 is 0 Å². The summed E-state index contributed by atoms with van der Waals surface area (Å²) in [6, 6.07) is 5.92. The van der Waals surface area contributed by atoms with Crippen LogP contribution in [0.15, 0.2) is 30.5 Å². The lowest BCUT2D eigenvalue weighted by Gasteiger charge is -2.01. The first kappa shape index (κ1) is 10.3. The molecule has 1 aromatic carbocycles. The summed E-state index contributed by atoms with van der Waals surface area (Å²) >= 11 is 11.3. The molecule has 1 aromatic heterocycles. The van der Waals surface area contributed by atoms with Gasteiger partial charge in [0.1, 0.15) is 11.0 Å². The van der Waals surface area contributed by atoms with Crippen LogP contribution in [-0.2, 0) is 0 Å². The fraction of sp³-hybridized carbons (Fsp3) is 0. The average Bonchev–Trinajstić information content (AvgIpc) is 2.22. The molecule has 0 atom stereocenters. The molecule has 2 nitrogen and oxygen atoms in total. The molecule has 0 aliphatic rings. The first-order valence-corrected chi connectivity index (χ1v) is 4.86. The SMILES string of the molecule is Fc1cc(-c2nccc(Cl)n2)ccc1Cl. The Balaban J connectivity index is 2.50. The van der Waals surface area contributed by atoms with E-state index in [0.29, 0.717) is 16.5 Å². The van der Waals surface area contributed by atoms with Gasteiger partial charge in [-0.3, -0.25) is 0 Å². The van der Waals surface area contributed by atoms with E-state index in [1.54, 1.807) is 12.1 Å². The molecule has 2 rings (SSSR count). The Bertz CT molecular complexity index is 503. The van der Waals surface area contributed by atoms with Crippen molar-refractivity contribution in [2.24, 2.45) is 0 Å². The molecule has 5 heteroatoms. The molecular formula is C10H5Cl2FN2. The Morgan fingerprint density at radius 3 is 2.60 bits per heavy atom. The molecule has 0 unspecified atom stereocenters. The Kier molecular flexibility index (Phi) is 2.84. The second kappa shape index (κ2) is 4.13. The first-order chi connectivity index (χ1) is 7.16. The van der Waals surface area contributed by atoms with Crippen LogP contribution in [0.3, 0.4) is 0 Å². The van der Waals surface area contributed by atoms with Crippen LogP contribution in [0.2, 0.25) is 10.2 Å². The molecule has 0 N–H and O–H groups in total. The minimum absolute atomic E-state index is 0.0702. The molecule has 76 valence electrons. The van der Waals surface area contributed by atoms with Gasteiger partial charge in [-0.15, -0.1) is 0 Å². The van der Waals surface area contributed by atoms with E-state index in [-0.39, 0.29) is 5.02 Å². The summed E-state index contributed by atoms with van der Waals surface area (Å²) in [5.41, 5.74) is 0.541. The Morgan fingerprint density at radius 2 is 1.93 bits per heavy atom. The standard InChI is InChI=1S/C10H5Cl2FN2/c11-7-2-1-6(5-8(7)13)10-14-4-3-9(12)15-10/h1-5H. The second-order valence-corrected chi connectivity index (χ2v) is 3.63. The Labute approximate surface area is 95.7 Å². The van der Waals surface area contributed by atoms with E-state index < -0.39 is 5.82 Å². The predicted octanol–water partition coefficient (Wildman–Crippen LogP) is 3.59. The van der Waals surface area contributed by atoms with Crippen molar-refractivity contribution in [3.63, 3.8) is 0 Å². The van der Waals surface area contributed by atoms with Gasteiger partial charge < -0.3 is 0 Å². The maximum Gasteiger partial charge on any atom is 0.160 e. The van der Waals surface area contributed by atoms with E-state index in [9.17, 15) is 4.39 Å². The molecule has 0 aliphatic heterocycles. The third-order valence-corrected chi connectivity index (χ3v) is 2.32. The topological polar surface area (TPSA) is 25.8 Å². The lowest BCUT2D eigenvalue weighted by Crippen LogP contribution is -1.89. The van der Waals surface area contributed by atoms with Gasteiger partial charge in [-0.2, -0.15) is 0 Å². The van der Waals surface area contributed by atoms with Gasteiger partial charge in [0, 0.05) is 11.8 Å². The van der Waals surface area contributed by atoms with Crippen LogP contribution in [0.5, 0.6) is 0 Å². The van der Waals surface area contributed by atoms with Gasteiger partial charge in [0.15, 0.2) is 5.82 Å². The van der Waals surface area contributed by atoms with Gasteiger partial charge in [-0.1, -0.05) is 23.2 Å². The summed E-state index contributed by atoms with van der Waals surface area (Å²) in [4.78, 5) is 7.93. The van der Waals surface area contributed by atoms with E-state index in [1.165, 1.54) is 18.3 Å². The van der Waals surface area contributed by atoms with Crippen molar-refractivity contribution in [1.29, 1.82) is 0 Å². The number of hydrogen-bond acceptors (Lipinski definition) is 2. The third-order valence-electron chi connectivity index (χ3n) is 1.80. The zero-order chi connectivity index (χ0) is 10.8. The Hall–Kier alpha value is -1.19.